The van der Waals surface area contributed by atoms with Gasteiger partial charge in [-0.3, -0.25) is 9.59 Å². The predicted octanol–water partition coefficient (Wildman–Crippen LogP) is 4.96. The van der Waals surface area contributed by atoms with Crippen molar-refractivity contribution in [3.05, 3.63) is 11.6 Å². The Balaban J connectivity index is 1.58. The molecule has 4 heteroatoms. The largest absolute Gasteiger partial charge is 0.389 e. The second-order valence-electron chi connectivity index (χ2n) is 12.6. The fourth-order valence-electron chi connectivity index (χ4n) is 8.50. The average molecular weight is 445 g/mol. The maximum Gasteiger partial charge on any atom is 0.187 e. The molecule has 0 aliphatic heterocycles. The average Bonchev–Trinajstić information content (AvgIpc) is 3.09. The summed E-state index contributed by atoms with van der Waals surface area (Å²) < 4.78 is 0. The molecule has 0 aromatic heterocycles. The third-order valence-corrected chi connectivity index (χ3v) is 11.0. The van der Waals surface area contributed by atoms with Crippen LogP contribution in [0.5, 0.6) is 0 Å². The van der Waals surface area contributed by atoms with Crippen LogP contribution in [0.4, 0.5) is 0 Å². The van der Waals surface area contributed by atoms with Crippen molar-refractivity contribution < 1.29 is 19.8 Å². The Morgan fingerprint density at radius 1 is 1.00 bits per heavy atom. The molecule has 4 aliphatic rings. The topological polar surface area (TPSA) is 74.6 Å². The standard InChI is InChI=1S/C28H44O4/c1-15(2)16(3)7-8-17(4)19-9-10-20-18-13-23(29)22-14-24(30)25(31)26(32)28(22,6)21(18)11-12-27(19,20)5/h14-21,25-26,31-32H,7-13H2,1-6H3/t16-,17+,18-,19+,20-,21-,25?,26?,27+,28+/m0/s1. The van der Waals surface area contributed by atoms with E-state index in [1.807, 2.05) is 6.92 Å². The van der Waals surface area contributed by atoms with Crippen molar-refractivity contribution in [2.24, 2.45) is 52.3 Å². The molecule has 0 aromatic carbocycles. The Morgan fingerprint density at radius 3 is 2.34 bits per heavy atom. The van der Waals surface area contributed by atoms with Crippen LogP contribution in [0.2, 0.25) is 0 Å². The summed E-state index contributed by atoms with van der Waals surface area (Å²) in [6.07, 6.45) is 6.26. The number of rotatable bonds is 5. The first-order valence-electron chi connectivity index (χ1n) is 13.1. The summed E-state index contributed by atoms with van der Waals surface area (Å²) >= 11 is 0. The SMILES string of the molecule is CC(C)[C@@H](C)CC[C@@H](C)[C@H]1CC[C@H]2[C@@H]3CC(=O)C4=CC(=O)C(O)C(O)[C@]4(C)[C@H]3CC[C@]12C. The molecule has 180 valence electrons. The summed E-state index contributed by atoms with van der Waals surface area (Å²) in [5, 5.41) is 21.4. The zero-order valence-electron chi connectivity index (χ0n) is 20.9. The van der Waals surface area contributed by atoms with E-state index in [1.165, 1.54) is 25.3 Å². The quantitative estimate of drug-likeness (QED) is 0.628. The number of aliphatic hydroxyl groups is 2. The second kappa shape index (κ2) is 8.34. The third-order valence-electron chi connectivity index (χ3n) is 11.0. The van der Waals surface area contributed by atoms with E-state index in [2.05, 4.69) is 34.6 Å². The molecule has 3 saturated carbocycles. The van der Waals surface area contributed by atoms with Crippen LogP contribution in [0, 0.1) is 52.3 Å². The molecule has 0 radical (unpaired) electrons. The lowest BCUT2D eigenvalue weighted by Gasteiger charge is -2.59. The van der Waals surface area contributed by atoms with Crippen molar-refractivity contribution in [3.8, 4) is 0 Å². The van der Waals surface area contributed by atoms with Crippen LogP contribution in [0.25, 0.3) is 0 Å². The Kier molecular flexibility index (Phi) is 6.29. The molecule has 4 nitrogen and oxygen atoms in total. The molecule has 0 heterocycles. The van der Waals surface area contributed by atoms with Crippen molar-refractivity contribution >= 4 is 11.6 Å². The molecule has 0 saturated heterocycles. The summed E-state index contributed by atoms with van der Waals surface area (Å²) in [6, 6.07) is 0. The highest BCUT2D eigenvalue weighted by Crippen LogP contribution is 2.67. The van der Waals surface area contributed by atoms with Gasteiger partial charge in [0, 0.05) is 17.4 Å². The van der Waals surface area contributed by atoms with Crippen LogP contribution in [0.1, 0.15) is 86.5 Å². The molecule has 10 atom stereocenters. The Hall–Kier alpha value is -1.00. The van der Waals surface area contributed by atoms with Gasteiger partial charge in [-0.1, -0.05) is 54.4 Å². The van der Waals surface area contributed by atoms with E-state index in [-0.39, 0.29) is 23.0 Å². The fraction of sp³-hybridized carbons (Fsp3) is 0.857. The Labute approximate surface area is 194 Å². The van der Waals surface area contributed by atoms with Gasteiger partial charge in [-0.2, -0.15) is 0 Å². The van der Waals surface area contributed by atoms with Gasteiger partial charge in [0.2, 0.25) is 0 Å². The molecule has 0 amide bonds. The number of carbonyl (C=O) groups excluding carboxylic acids is 2. The second-order valence-corrected chi connectivity index (χ2v) is 12.6. The summed E-state index contributed by atoms with van der Waals surface area (Å²) in [6.45, 7) is 13.9. The normalized spacial score (nSPS) is 45.7. The van der Waals surface area contributed by atoms with E-state index in [9.17, 15) is 19.8 Å². The molecule has 2 unspecified atom stereocenters. The van der Waals surface area contributed by atoms with E-state index in [0.29, 0.717) is 29.7 Å². The molecule has 4 rings (SSSR count). The summed E-state index contributed by atoms with van der Waals surface area (Å²) in [4.78, 5) is 25.4. The maximum atomic E-state index is 13.2. The number of Topliss-reactive ketones (excluding diaryl/α,β-unsaturated/α-hetero) is 1. The van der Waals surface area contributed by atoms with Crippen LogP contribution in [-0.4, -0.2) is 34.0 Å². The highest BCUT2D eigenvalue weighted by atomic mass is 16.3. The summed E-state index contributed by atoms with van der Waals surface area (Å²) in [7, 11) is 0. The van der Waals surface area contributed by atoms with Crippen LogP contribution in [-0.2, 0) is 9.59 Å². The van der Waals surface area contributed by atoms with Gasteiger partial charge < -0.3 is 10.2 Å². The fourth-order valence-corrected chi connectivity index (χ4v) is 8.50. The lowest BCUT2D eigenvalue weighted by Crippen LogP contribution is -2.61. The van der Waals surface area contributed by atoms with Crippen LogP contribution >= 0.6 is 0 Å². The number of aliphatic hydroxyl groups excluding tert-OH is 2. The molecule has 3 fully saturated rings. The van der Waals surface area contributed by atoms with Gasteiger partial charge in [-0.15, -0.1) is 0 Å². The van der Waals surface area contributed by atoms with Crippen LogP contribution in [0.3, 0.4) is 0 Å². The lowest BCUT2D eigenvalue weighted by molar-refractivity contribution is -0.157. The van der Waals surface area contributed by atoms with Gasteiger partial charge in [0.1, 0.15) is 6.10 Å². The number of hydrogen-bond acceptors (Lipinski definition) is 4. The van der Waals surface area contributed by atoms with Crippen LogP contribution in [0.15, 0.2) is 11.6 Å². The van der Waals surface area contributed by atoms with Gasteiger partial charge in [-0.25, -0.2) is 0 Å². The minimum atomic E-state index is -1.41. The minimum Gasteiger partial charge on any atom is -0.389 e. The highest BCUT2D eigenvalue weighted by Gasteiger charge is 2.64. The summed E-state index contributed by atoms with van der Waals surface area (Å²) in [5.41, 5.74) is -0.103. The van der Waals surface area contributed by atoms with Crippen molar-refractivity contribution in [3.63, 3.8) is 0 Å². The third kappa shape index (κ3) is 3.47. The zero-order valence-corrected chi connectivity index (χ0v) is 20.9. The molecule has 0 spiro atoms. The van der Waals surface area contributed by atoms with E-state index in [4.69, 9.17) is 0 Å². The van der Waals surface area contributed by atoms with Crippen LogP contribution < -0.4 is 0 Å². The first-order chi connectivity index (χ1) is 14.9. The molecular weight excluding hydrogens is 400 g/mol. The van der Waals surface area contributed by atoms with Gasteiger partial charge >= 0.3 is 0 Å². The van der Waals surface area contributed by atoms with E-state index in [1.54, 1.807) is 0 Å². The molecule has 2 N–H and O–H groups in total. The smallest absolute Gasteiger partial charge is 0.187 e. The Morgan fingerprint density at radius 2 is 1.69 bits per heavy atom. The van der Waals surface area contributed by atoms with Gasteiger partial charge in [0.15, 0.2) is 11.6 Å². The predicted molar refractivity (Wildman–Crippen MR) is 126 cm³/mol. The van der Waals surface area contributed by atoms with Crippen molar-refractivity contribution in [2.75, 3.05) is 0 Å². The Bertz CT molecular complexity index is 799. The lowest BCUT2D eigenvalue weighted by atomic mass is 9.45. The molecular formula is C28H44O4. The van der Waals surface area contributed by atoms with E-state index in [0.717, 1.165) is 31.1 Å². The molecule has 0 aromatic rings. The summed E-state index contributed by atoms with van der Waals surface area (Å²) in [5.74, 6) is 3.22. The van der Waals surface area contributed by atoms with Gasteiger partial charge in [-0.05, 0) is 78.6 Å². The monoisotopic (exact) mass is 444 g/mol. The molecule has 0 bridgehead atoms. The zero-order chi connectivity index (χ0) is 23.6. The maximum absolute atomic E-state index is 13.2. The first kappa shape index (κ1) is 24.1. The van der Waals surface area contributed by atoms with Gasteiger partial charge in [0.05, 0.1) is 6.10 Å². The van der Waals surface area contributed by atoms with Gasteiger partial charge in [0.25, 0.3) is 0 Å². The first-order valence-corrected chi connectivity index (χ1v) is 13.1. The minimum absolute atomic E-state index is 0.0135. The number of hydrogen-bond donors (Lipinski definition) is 2. The number of fused-ring (bicyclic) bond motifs is 5. The molecule has 4 aliphatic carbocycles. The molecule has 32 heavy (non-hydrogen) atoms. The van der Waals surface area contributed by atoms with Crippen molar-refractivity contribution in [1.82, 2.24) is 0 Å². The van der Waals surface area contributed by atoms with E-state index >= 15 is 0 Å². The van der Waals surface area contributed by atoms with Crippen molar-refractivity contribution in [1.29, 1.82) is 0 Å². The van der Waals surface area contributed by atoms with E-state index < -0.39 is 23.4 Å². The number of ketones is 2. The highest BCUT2D eigenvalue weighted by molar-refractivity contribution is 6.07. The van der Waals surface area contributed by atoms with Crippen molar-refractivity contribution in [2.45, 2.75) is 98.7 Å². The number of carbonyl (C=O) groups is 2.